The number of ether oxygens (including phenoxy) is 1. The van der Waals surface area contributed by atoms with Gasteiger partial charge in [0, 0.05) is 30.7 Å². The summed E-state index contributed by atoms with van der Waals surface area (Å²) in [5, 5.41) is 7.84. The number of hydrogen-bond donors (Lipinski definition) is 1. The summed E-state index contributed by atoms with van der Waals surface area (Å²) in [6.45, 7) is 3.88. The zero-order chi connectivity index (χ0) is 17.8. The second-order valence-corrected chi connectivity index (χ2v) is 6.34. The van der Waals surface area contributed by atoms with E-state index in [1.165, 1.54) is 5.69 Å². The summed E-state index contributed by atoms with van der Waals surface area (Å²) in [6.07, 6.45) is 0.211. The van der Waals surface area contributed by atoms with Crippen molar-refractivity contribution in [2.75, 3.05) is 31.2 Å². The van der Waals surface area contributed by atoms with E-state index in [-0.39, 0.29) is 12.3 Å². The number of amides is 1. The summed E-state index contributed by atoms with van der Waals surface area (Å²) in [5.74, 6) is -0.0682. The van der Waals surface area contributed by atoms with Crippen molar-refractivity contribution in [1.82, 2.24) is 10.5 Å². The fourth-order valence-electron chi connectivity index (χ4n) is 3.13. The van der Waals surface area contributed by atoms with Gasteiger partial charge in [0.2, 0.25) is 5.91 Å². The molecular weight excluding hydrogens is 330 g/mol. The Morgan fingerprint density at radius 3 is 2.65 bits per heavy atom. The number of carbonyl (C=O) groups is 1. The SMILES string of the molecule is O=C(Cc1noc2ccccc12)NCc1ccc(N2CCOCC2)cc1. The van der Waals surface area contributed by atoms with Crippen LogP contribution in [-0.2, 0) is 22.5 Å². The van der Waals surface area contributed by atoms with Gasteiger partial charge in [0.05, 0.1) is 19.6 Å². The van der Waals surface area contributed by atoms with Crippen molar-refractivity contribution < 1.29 is 14.1 Å². The lowest BCUT2D eigenvalue weighted by atomic mass is 10.1. The molecule has 0 bridgehead atoms. The van der Waals surface area contributed by atoms with Crippen molar-refractivity contribution in [3.63, 3.8) is 0 Å². The van der Waals surface area contributed by atoms with E-state index >= 15 is 0 Å². The summed E-state index contributed by atoms with van der Waals surface area (Å²) in [4.78, 5) is 14.5. The normalized spacial score (nSPS) is 14.5. The molecule has 26 heavy (non-hydrogen) atoms. The van der Waals surface area contributed by atoms with Crippen molar-refractivity contribution in [3.8, 4) is 0 Å². The van der Waals surface area contributed by atoms with E-state index in [0.717, 1.165) is 37.3 Å². The van der Waals surface area contributed by atoms with Gasteiger partial charge in [-0.1, -0.05) is 29.4 Å². The highest BCUT2D eigenvalue weighted by Crippen LogP contribution is 2.18. The maximum atomic E-state index is 12.2. The lowest BCUT2D eigenvalue weighted by Gasteiger charge is -2.28. The third kappa shape index (κ3) is 3.70. The van der Waals surface area contributed by atoms with Gasteiger partial charge in [-0.25, -0.2) is 0 Å². The number of anilines is 1. The highest BCUT2D eigenvalue weighted by molar-refractivity contribution is 5.86. The molecule has 134 valence electrons. The van der Waals surface area contributed by atoms with Crippen LogP contribution in [0.15, 0.2) is 53.1 Å². The zero-order valence-corrected chi connectivity index (χ0v) is 14.5. The first kappa shape index (κ1) is 16.6. The molecule has 1 saturated heterocycles. The number of para-hydroxylation sites is 1. The molecule has 1 aliphatic heterocycles. The number of nitrogens with zero attached hydrogens (tertiary/aromatic N) is 2. The minimum atomic E-state index is -0.0682. The topological polar surface area (TPSA) is 67.6 Å². The van der Waals surface area contributed by atoms with Gasteiger partial charge in [-0.15, -0.1) is 0 Å². The van der Waals surface area contributed by atoms with E-state index < -0.39 is 0 Å². The highest BCUT2D eigenvalue weighted by Gasteiger charge is 2.13. The van der Waals surface area contributed by atoms with Crippen LogP contribution in [0, 0.1) is 0 Å². The summed E-state index contributed by atoms with van der Waals surface area (Å²) in [7, 11) is 0. The average molecular weight is 351 g/mol. The van der Waals surface area contributed by atoms with Gasteiger partial charge in [-0.2, -0.15) is 0 Å². The summed E-state index contributed by atoms with van der Waals surface area (Å²) in [5.41, 5.74) is 3.63. The number of fused-ring (bicyclic) bond motifs is 1. The molecule has 4 rings (SSSR count). The largest absolute Gasteiger partial charge is 0.378 e. The van der Waals surface area contributed by atoms with Crippen LogP contribution in [0.25, 0.3) is 11.0 Å². The minimum Gasteiger partial charge on any atom is -0.378 e. The molecule has 1 N–H and O–H groups in total. The van der Waals surface area contributed by atoms with Gasteiger partial charge < -0.3 is 19.5 Å². The second-order valence-electron chi connectivity index (χ2n) is 6.34. The Morgan fingerprint density at radius 1 is 1.08 bits per heavy atom. The maximum absolute atomic E-state index is 12.2. The molecule has 6 heteroatoms. The van der Waals surface area contributed by atoms with E-state index in [4.69, 9.17) is 9.26 Å². The Labute approximate surface area is 151 Å². The van der Waals surface area contributed by atoms with Crippen LogP contribution in [0.2, 0.25) is 0 Å². The van der Waals surface area contributed by atoms with Crippen LogP contribution in [-0.4, -0.2) is 37.4 Å². The summed E-state index contributed by atoms with van der Waals surface area (Å²) in [6, 6.07) is 15.9. The summed E-state index contributed by atoms with van der Waals surface area (Å²) >= 11 is 0. The van der Waals surface area contributed by atoms with Gasteiger partial charge in [0.25, 0.3) is 0 Å². The van der Waals surface area contributed by atoms with Gasteiger partial charge in [-0.05, 0) is 29.8 Å². The molecule has 0 saturated carbocycles. The number of carbonyl (C=O) groups excluding carboxylic acids is 1. The van der Waals surface area contributed by atoms with Crippen LogP contribution in [0.4, 0.5) is 5.69 Å². The number of hydrogen-bond acceptors (Lipinski definition) is 5. The first-order valence-corrected chi connectivity index (χ1v) is 8.81. The predicted molar refractivity (Wildman–Crippen MR) is 99.0 cm³/mol. The minimum absolute atomic E-state index is 0.0682. The maximum Gasteiger partial charge on any atom is 0.226 e. The molecule has 1 aromatic heterocycles. The van der Waals surface area contributed by atoms with Crippen LogP contribution < -0.4 is 10.2 Å². The van der Waals surface area contributed by atoms with E-state index in [0.29, 0.717) is 17.8 Å². The smallest absolute Gasteiger partial charge is 0.226 e. The highest BCUT2D eigenvalue weighted by atomic mass is 16.5. The monoisotopic (exact) mass is 351 g/mol. The molecule has 3 aromatic rings. The second kappa shape index (κ2) is 7.58. The molecular formula is C20H21N3O3. The number of aromatic nitrogens is 1. The van der Waals surface area contributed by atoms with Crippen molar-refractivity contribution in [3.05, 3.63) is 59.8 Å². The third-order valence-electron chi connectivity index (χ3n) is 4.58. The third-order valence-corrected chi connectivity index (χ3v) is 4.58. The van der Waals surface area contributed by atoms with Crippen molar-refractivity contribution >= 4 is 22.6 Å². The van der Waals surface area contributed by atoms with Crippen LogP contribution in [0.5, 0.6) is 0 Å². The van der Waals surface area contributed by atoms with Gasteiger partial charge in [0.15, 0.2) is 5.58 Å². The Morgan fingerprint density at radius 2 is 1.85 bits per heavy atom. The fraction of sp³-hybridized carbons (Fsp3) is 0.300. The molecule has 2 aromatic carbocycles. The quantitative estimate of drug-likeness (QED) is 0.765. The Balaban J connectivity index is 1.32. The molecule has 1 amide bonds. The molecule has 0 spiro atoms. The Bertz CT molecular complexity index is 883. The molecule has 2 heterocycles. The first-order chi connectivity index (χ1) is 12.8. The van der Waals surface area contributed by atoms with Crippen LogP contribution in [0.1, 0.15) is 11.3 Å². The number of morpholine rings is 1. The van der Waals surface area contributed by atoms with Gasteiger partial charge in [0.1, 0.15) is 5.69 Å². The number of nitrogens with one attached hydrogen (secondary N) is 1. The molecule has 0 radical (unpaired) electrons. The zero-order valence-electron chi connectivity index (χ0n) is 14.5. The summed E-state index contributed by atoms with van der Waals surface area (Å²) < 4.78 is 10.6. The van der Waals surface area contributed by atoms with Crippen LogP contribution in [0.3, 0.4) is 0 Å². The van der Waals surface area contributed by atoms with E-state index in [1.54, 1.807) is 0 Å². The lowest BCUT2D eigenvalue weighted by Crippen LogP contribution is -2.36. The molecule has 1 fully saturated rings. The van der Waals surface area contributed by atoms with Crippen molar-refractivity contribution in [2.45, 2.75) is 13.0 Å². The van der Waals surface area contributed by atoms with Crippen molar-refractivity contribution in [1.29, 1.82) is 0 Å². The van der Waals surface area contributed by atoms with E-state index in [2.05, 4.69) is 39.6 Å². The Kier molecular flexibility index (Phi) is 4.84. The Hall–Kier alpha value is -2.86. The number of benzene rings is 2. The molecule has 6 nitrogen and oxygen atoms in total. The van der Waals surface area contributed by atoms with E-state index in [9.17, 15) is 4.79 Å². The number of rotatable bonds is 5. The van der Waals surface area contributed by atoms with Crippen LogP contribution >= 0.6 is 0 Å². The molecule has 0 atom stereocenters. The predicted octanol–water partition coefficient (Wildman–Crippen LogP) is 2.52. The first-order valence-electron chi connectivity index (χ1n) is 8.81. The molecule has 0 unspecified atom stereocenters. The van der Waals surface area contributed by atoms with Gasteiger partial charge >= 0.3 is 0 Å². The fourth-order valence-corrected chi connectivity index (χ4v) is 3.13. The van der Waals surface area contributed by atoms with Crippen molar-refractivity contribution in [2.24, 2.45) is 0 Å². The lowest BCUT2D eigenvalue weighted by molar-refractivity contribution is -0.120. The average Bonchev–Trinajstić information content (AvgIpc) is 3.10. The molecule has 1 aliphatic rings. The molecule has 0 aliphatic carbocycles. The van der Waals surface area contributed by atoms with E-state index in [1.807, 2.05) is 24.3 Å². The standard InChI is InChI=1S/C20H21N3O3/c24-20(13-18-17-3-1-2-4-19(17)26-22-18)21-14-15-5-7-16(8-6-15)23-9-11-25-12-10-23/h1-8H,9-14H2,(H,21,24). The van der Waals surface area contributed by atoms with Gasteiger partial charge in [-0.3, -0.25) is 4.79 Å².